The van der Waals surface area contributed by atoms with Crippen molar-refractivity contribution >= 4 is 45.3 Å². The molecule has 0 aliphatic carbocycles. The molecule has 1 aromatic heterocycles. The number of carbonyl (C=O) groups is 1. The summed E-state index contributed by atoms with van der Waals surface area (Å²) in [6.45, 7) is 2.34. The molecule has 1 N–H and O–H groups in total. The van der Waals surface area contributed by atoms with Gasteiger partial charge < -0.3 is 4.90 Å². The zero-order valence-corrected chi connectivity index (χ0v) is 22.0. The number of rotatable bonds is 6. The van der Waals surface area contributed by atoms with Crippen LogP contribution in [0.15, 0.2) is 78.2 Å². The Labute approximate surface area is 227 Å². The maximum atomic E-state index is 13.6. The number of hydrogen-bond acceptors (Lipinski definition) is 6. The molecule has 1 saturated heterocycles. The van der Waals surface area contributed by atoms with E-state index in [4.69, 9.17) is 11.6 Å². The summed E-state index contributed by atoms with van der Waals surface area (Å²) in [5, 5.41) is 3.17. The lowest BCUT2D eigenvalue weighted by atomic mass is 9.96. The highest BCUT2D eigenvalue weighted by Crippen LogP contribution is 2.31. The fourth-order valence-corrected chi connectivity index (χ4v) is 5.83. The summed E-state index contributed by atoms with van der Waals surface area (Å²) in [5.41, 5.74) is 3.62. The van der Waals surface area contributed by atoms with E-state index < -0.39 is 0 Å². The van der Waals surface area contributed by atoms with Crippen molar-refractivity contribution in [2.45, 2.75) is 6.04 Å². The maximum Gasteiger partial charge on any atom is 0.302 e. The molecule has 5 rings (SSSR count). The molecule has 1 amide bonds. The van der Waals surface area contributed by atoms with Gasteiger partial charge in [-0.2, -0.15) is 0 Å². The van der Waals surface area contributed by atoms with E-state index in [1.54, 1.807) is 29.2 Å². The van der Waals surface area contributed by atoms with Crippen LogP contribution < -0.4 is 4.72 Å². The summed E-state index contributed by atoms with van der Waals surface area (Å²) in [7, 11) is 0. The van der Waals surface area contributed by atoms with E-state index in [2.05, 4.69) is 14.6 Å². The number of piperazine rings is 1. The molecule has 5 nitrogen and oxygen atoms in total. The summed E-state index contributed by atoms with van der Waals surface area (Å²) < 4.78 is 30.2. The number of aromatic nitrogens is 1. The summed E-state index contributed by atoms with van der Waals surface area (Å²) in [4.78, 5) is 21.5. The second-order valence-corrected chi connectivity index (χ2v) is 10.6. The van der Waals surface area contributed by atoms with Gasteiger partial charge in [0.15, 0.2) is 5.13 Å². The molecule has 0 unspecified atom stereocenters. The third-order valence-electron chi connectivity index (χ3n) is 6.18. The van der Waals surface area contributed by atoms with E-state index in [-0.39, 0.29) is 22.9 Å². The summed E-state index contributed by atoms with van der Waals surface area (Å²) in [6.07, 6.45) is 0. The molecular formula is C27H23ClF2N4OS2. The molecule has 0 bridgehead atoms. The second-order valence-electron chi connectivity index (χ2n) is 8.54. The first-order valence-electron chi connectivity index (χ1n) is 11.6. The fraction of sp³-hybridized carbons (Fsp3) is 0.185. The van der Waals surface area contributed by atoms with Gasteiger partial charge in [0.2, 0.25) is 0 Å². The Balaban J connectivity index is 1.20. The van der Waals surface area contributed by atoms with E-state index in [1.807, 2.05) is 29.6 Å². The topological polar surface area (TPSA) is 48.5 Å². The molecule has 37 heavy (non-hydrogen) atoms. The molecule has 0 spiro atoms. The molecule has 0 radical (unpaired) electrons. The highest BCUT2D eigenvalue weighted by atomic mass is 35.5. The number of halogens is 3. The first-order valence-corrected chi connectivity index (χ1v) is 13.7. The van der Waals surface area contributed by atoms with Crippen molar-refractivity contribution in [2.75, 3.05) is 30.9 Å². The van der Waals surface area contributed by atoms with Crippen molar-refractivity contribution in [3.05, 3.63) is 106 Å². The van der Waals surface area contributed by atoms with Gasteiger partial charge in [0.25, 0.3) is 0 Å². The van der Waals surface area contributed by atoms with Gasteiger partial charge in [-0.3, -0.25) is 14.4 Å². The van der Waals surface area contributed by atoms with E-state index in [0.717, 1.165) is 34.3 Å². The Hall–Kier alpha value is -2.98. The number of amides is 1. The van der Waals surface area contributed by atoms with Gasteiger partial charge in [-0.05, 0) is 47.5 Å². The van der Waals surface area contributed by atoms with Crippen LogP contribution >= 0.6 is 34.9 Å². The molecule has 0 atom stereocenters. The van der Waals surface area contributed by atoms with Gasteiger partial charge >= 0.3 is 5.24 Å². The van der Waals surface area contributed by atoms with Crippen LogP contribution in [0.5, 0.6) is 0 Å². The first-order chi connectivity index (χ1) is 18.0. The van der Waals surface area contributed by atoms with E-state index in [9.17, 15) is 13.6 Å². The maximum absolute atomic E-state index is 13.6. The van der Waals surface area contributed by atoms with E-state index >= 15 is 0 Å². The molecule has 3 aromatic carbocycles. The van der Waals surface area contributed by atoms with Crippen LogP contribution in [0.2, 0.25) is 5.02 Å². The van der Waals surface area contributed by atoms with Crippen LogP contribution in [0, 0.1) is 11.6 Å². The van der Waals surface area contributed by atoms with Crippen molar-refractivity contribution in [1.82, 2.24) is 14.8 Å². The lowest BCUT2D eigenvalue weighted by Crippen LogP contribution is -2.49. The van der Waals surface area contributed by atoms with Crippen LogP contribution in [0.3, 0.4) is 0 Å². The second kappa shape index (κ2) is 11.6. The van der Waals surface area contributed by atoms with Crippen molar-refractivity contribution in [3.63, 3.8) is 0 Å². The van der Waals surface area contributed by atoms with Gasteiger partial charge in [-0.15, -0.1) is 11.3 Å². The molecular weight excluding hydrogens is 534 g/mol. The Kier molecular flexibility index (Phi) is 8.05. The largest absolute Gasteiger partial charge is 0.330 e. The third kappa shape index (κ3) is 6.30. The van der Waals surface area contributed by atoms with Crippen molar-refractivity contribution < 1.29 is 13.6 Å². The van der Waals surface area contributed by atoms with Crippen LogP contribution in [-0.2, 0) is 0 Å². The van der Waals surface area contributed by atoms with Gasteiger partial charge in [0.1, 0.15) is 11.6 Å². The SMILES string of the molecule is O=C(SNc1nc(-c2ccc(Cl)cc2)cs1)N1CCN(C(c2ccc(F)cc2)c2ccc(F)cc2)CC1. The summed E-state index contributed by atoms with van der Waals surface area (Å²) in [5.74, 6) is -0.607. The number of carbonyl (C=O) groups excluding carboxylic acids is 1. The van der Waals surface area contributed by atoms with Crippen molar-refractivity contribution in [3.8, 4) is 11.3 Å². The highest BCUT2D eigenvalue weighted by Gasteiger charge is 2.28. The summed E-state index contributed by atoms with van der Waals surface area (Å²) in [6, 6.07) is 20.1. The number of benzene rings is 3. The highest BCUT2D eigenvalue weighted by molar-refractivity contribution is 8.14. The Morgan fingerprint density at radius 3 is 2.03 bits per heavy atom. The molecule has 190 valence electrons. The molecule has 4 aromatic rings. The van der Waals surface area contributed by atoms with Gasteiger partial charge in [-0.25, -0.2) is 13.8 Å². The van der Waals surface area contributed by atoms with Crippen LogP contribution in [0.25, 0.3) is 11.3 Å². The molecule has 10 heteroatoms. The number of thiazole rings is 1. The van der Waals surface area contributed by atoms with E-state index in [1.165, 1.54) is 35.6 Å². The minimum absolute atomic E-state index is 0.0805. The van der Waals surface area contributed by atoms with Gasteiger partial charge in [0.05, 0.1) is 11.7 Å². The van der Waals surface area contributed by atoms with Crippen molar-refractivity contribution in [2.24, 2.45) is 0 Å². The quantitative estimate of drug-likeness (QED) is 0.252. The molecule has 1 aliphatic heterocycles. The monoisotopic (exact) mass is 556 g/mol. The lowest BCUT2D eigenvalue weighted by molar-refractivity contribution is 0.131. The Morgan fingerprint density at radius 2 is 1.46 bits per heavy atom. The predicted molar refractivity (Wildman–Crippen MR) is 147 cm³/mol. The number of nitrogens with zero attached hydrogens (tertiary/aromatic N) is 3. The first kappa shape index (κ1) is 25.7. The Bertz CT molecular complexity index is 1300. The van der Waals surface area contributed by atoms with Gasteiger partial charge in [-0.1, -0.05) is 48.0 Å². The van der Waals surface area contributed by atoms with Gasteiger partial charge in [0, 0.05) is 54.1 Å². The minimum atomic E-state index is -0.304. The smallest absolute Gasteiger partial charge is 0.302 e. The number of nitrogens with one attached hydrogen (secondary N) is 1. The van der Waals surface area contributed by atoms with E-state index in [0.29, 0.717) is 36.3 Å². The van der Waals surface area contributed by atoms with Crippen LogP contribution in [-0.4, -0.2) is 46.2 Å². The number of hydrogen-bond donors (Lipinski definition) is 1. The Morgan fingerprint density at radius 1 is 0.892 bits per heavy atom. The minimum Gasteiger partial charge on any atom is -0.330 e. The zero-order chi connectivity index (χ0) is 25.8. The van der Waals surface area contributed by atoms with Crippen molar-refractivity contribution in [1.29, 1.82) is 0 Å². The third-order valence-corrected chi connectivity index (χ3v) is 8.05. The standard InChI is InChI=1S/C27H23ClF2N4OS2/c28-21-7-1-18(2-8-21)24-17-36-26(31-24)32-37-27(35)34-15-13-33(14-16-34)25(19-3-9-22(29)10-4-19)20-5-11-23(30)12-6-20/h1-12,17,25H,13-16H2,(H,31,32). The molecule has 1 fully saturated rings. The molecule has 2 heterocycles. The zero-order valence-electron chi connectivity index (χ0n) is 19.6. The normalized spacial score (nSPS) is 14.2. The molecule has 1 aliphatic rings. The predicted octanol–water partition coefficient (Wildman–Crippen LogP) is 7.33. The average molecular weight is 557 g/mol. The number of anilines is 1. The average Bonchev–Trinajstić information content (AvgIpc) is 3.39. The van der Waals surface area contributed by atoms with Crippen LogP contribution in [0.1, 0.15) is 17.2 Å². The fourth-order valence-electron chi connectivity index (χ4n) is 4.29. The lowest BCUT2D eigenvalue weighted by Gasteiger charge is -2.39. The summed E-state index contributed by atoms with van der Waals surface area (Å²) >= 11 is 8.40. The van der Waals surface area contributed by atoms with Crippen LogP contribution in [0.4, 0.5) is 18.7 Å². The molecule has 0 saturated carbocycles.